The number of thiazole rings is 1. The molecule has 0 saturated heterocycles. The number of aryl methyl sites for hydroxylation is 1. The van der Waals surface area contributed by atoms with E-state index in [9.17, 15) is 4.79 Å². The Morgan fingerprint density at radius 1 is 1.15 bits per heavy atom. The lowest BCUT2D eigenvalue weighted by Gasteiger charge is -2.23. The normalized spacial score (nSPS) is 11.2. The van der Waals surface area contributed by atoms with Crippen molar-refractivity contribution in [2.24, 2.45) is 0 Å². The standard InChI is InChI=1S/C21H22N2O2S/c1-14-10-11-18(25-4)16(12-14)17-13-26-20(22-17)23-19(24)21(2,3)15-8-6-5-7-9-15/h5-13H,1-4H3,(H,22,23,24). The Bertz CT molecular complexity index is 917. The van der Waals surface area contributed by atoms with Crippen LogP contribution < -0.4 is 10.1 Å². The third-order valence-electron chi connectivity index (χ3n) is 4.42. The van der Waals surface area contributed by atoms with Crippen LogP contribution in [0.5, 0.6) is 5.75 Å². The number of nitrogens with one attached hydrogen (secondary N) is 1. The summed E-state index contributed by atoms with van der Waals surface area (Å²) in [6, 6.07) is 15.7. The fraction of sp³-hybridized carbons (Fsp3) is 0.238. The van der Waals surface area contributed by atoms with Gasteiger partial charge in [0.25, 0.3) is 0 Å². The van der Waals surface area contributed by atoms with Crippen molar-refractivity contribution in [3.05, 3.63) is 65.0 Å². The van der Waals surface area contributed by atoms with Crippen LogP contribution in [0, 0.1) is 6.92 Å². The fourth-order valence-electron chi connectivity index (χ4n) is 2.72. The van der Waals surface area contributed by atoms with Gasteiger partial charge in [0, 0.05) is 10.9 Å². The average molecular weight is 366 g/mol. The predicted molar refractivity (Wildman–Crippen MR) is 107 cm³/mol. The van der Waals surface area contributed by atoms with Crippen molar-refractivity contribution in [2.45, 2.75) is 26.2 Å². The predicted octanol–water partition coefficient (Wildman–Crippen LogP) is 5.04. The van der Waals surface area contributed by atoms with Gasteiger partial charge >= 0.3 is 0 Å². The highest BCUT2D eigenvalue weighted by molar-refractivity contribution is 7.14. The molecule has 1 amide bonds. The van der Waals surface area contributed by atoms with Crippen molar-refractivity contribution in [2.75, 3.05) is 12.4 Å². The molecule has 0 aliphatic rings. The zero-order chi connectivity index (χ0) is 18.7. The summed E-state index contributed by atoms with van der Waals surface area (Å²) in [7, 11) is 1.64. The van der Waals surface area contributed by atoms with Crippen molar-refractivity contribution in [3.8, 4) is 17.0 Å². The molecule has 0 radical (unpaired) electrons. The molecule has 1 aromatic heterocycles. The van der Waals surface area contributed by atoms with Gasteiger partial charge in [0.15, 0.2) is 5.13 Å². The summed E-state index contributed by atoms with van der Waals surface area (Å²) in [5.41, 5.74) is 3.17. The van der Waals surface area contributed by atoms with Crippen LogP contribution in [0.2, 0.25) is 0 Å². The molecule has 0 saturated carbocycles. The molecule has 0 unspecified atom stereocenters. The summed E-state index contributed by atoms with van der Waals surface area (Å²) < 4.78 is 5.43. The maximum atomic E-state index is 12.8. The van der Waals surface area contributed by atoms with Gasteiger partial charge in [0.05, 0.1) is 18.2 Å². The third kappa shape index (κ3) is 3.63. The lowest BCUT2D eigenvalue weighted by molar-refractivity contribution is -0.120. The van der Waals surface area contributed by atoms with E-state index in [0.29, 0.717) is 5.13 Å². The topological polar surface area (TPSA) is 51.2 Å². The van der Waals surface area contributed by atoms with E-state index in [0.717, 1.165) is 28.1 Å². The van der Waals surface area contributed by atoms with E-state index in [4.69, 9.17) is 4.74 Å². The number of methoxy groups -OCH3 is 1. The van der Waals surface area contributed by atoms with Crippen LogP contribution in [0.15, 0.2) is 53.9 Å². The number of hydrogen-bond acceptors (Lipinski definition) is 4. The molecule has 0 bridgehead atoms. The number of ether oxygens (including phenoxy) is 1. The molecule has 4 nitrogen and oxygen atoms in total. The molecule has 2 aromatic carbocycles. The van der Waals surface area contributed by atoms with E-state index in [-0.39, 0.29) is 5.91 Å². The summed E-state index contributed by atoms with van der Waals surface area (Å²) in [5, 5.41) is 5.46. The van der Waals surface area contributed by atoms with Crippen LogP contribution in [0.25, 0.3) is 11.3 Å². The van der Waals surface area contributed by atoms with Crippen molar-refractivity contribution in [1.29, 1.82) is 0 Å². The second-order valence-electron chi connectivity index (χ2n) is 6.69. The molecule has 0 aliphatic heterocycles. The first-order valence-electron chi connectivity index (χ1n) is 8.39. The number of benzene rings is 2. The molecule has 0 aliphatic carbocycles. The van der Waals surface area contributed by atoms with Crippen molar-refractivity contribution in [1.82, 2.24) is 4.98 Å². The molecule has 0 fully saturated rings. The summed E-state index contributed by atoms with van der Waals surface area (Å²) in [5.74, 6) is 0.684. The first kappa shape index (κ1) is 18.1. The van der Waals surface area contributed by atoms with Crippen molar-refractivity contribution in [3.63, 3.8) is 0 Å². The largest absolute Gasteiger partial charge is 0.496 e. The van der Waals surface area contributed by atoms with Gasteiger partial charge in [0.2, 0.25) is 5.91 Å². The Morgan fingerprint density at radius 2 is 1.88 bits per heavy atom. The molecular weight excluding hydrogens is 344 g/mol. The number of rotatable bonds is 5. The zero-order valence-corrected chi connectivity index (χ0v) is 16.2. The Hall–Kier alpha value is -2.66. The number of aromatic nitrogens is 1. The van der Waals surface area contributed by atoms with Crippen LogP contribution in [-0.4, -0.2) is 18.0 Å². The summed E-state index contributed by atoms with van der Waals surface area (Å²) in [4.78, 5) is 17.4. The van der Waals surface area contributed by atoms with E-state index in [1.165, 1.54) is 11.3 Å². The Balaban J connectivity index is 1.83. The molecule has 0 atom stereocenters. The van der Waals surface area contributed by atoms with Gasteiger partial charge in [-0.3, -0.25) is 4.79 Å². The van der Waals surface area contributed by atoms with Gasteiger partial charge in [-0.2, -0.15) is 0 Å². The third-order valence-corrected chi connectivity index (χ3v) is 5.18. The Labute approximate surface area is 157 Å². The van der Waals surface area contributed by atoms with Gasteiger partial charge in [-0.25, -0.2) is 4.98 Å². The fourth-order valence-corrected chi connectivity index (χ4v) is 3.42. The molecule has 0 spiro atoms. The zero-order valence-electron chi connectivity index (χ0n) is 15.4. The minimum absolute atomic E-state index is 0.0826. The highest BCUT2D eigenvalue weighted by Crippen LogP contribution is 2.33. The van der Waals surface area contributed by atoms with Gasteiger partial charge in [-0.05, 0) is 38.5 Å². The van der Waals surface area contributed by atoms with E-state index in [1.807, 2.05) is 74.7 Å². The lowest BCUT2D eigenvalue weighted by atomic mass is 9.84. The second kappa shape index (κ2) is 7.30. The number of carbonyl (C=O) groups is 1. The quantitative estimate of drug-likeness (QED) is 0.688. The van der Waals surface area contributed by atoms with Gasteiger partial charge in [0.1, 0.15) is 5.75 Å². The molecular formula is C21H22N2O2S. The van der Waals surface area contributed by atoms with Gasteiger partial charge < -0.3 is 10.1 Å². The maximum Gasteiger partial charge on any atom is 0.236 e. The maximum absolute atomic E-state index is 12.8. The molecule has 134 valence electrons. The van der Waals surface area contributed by atoms with Crippen LogP contribution >= 0.6 is 11.3 Å². The molecule has 3 rings (SSSR count). The number of nitrogens with zero attached hydrogens (tertiary/aromatic N) is 1. The van der Waals surface area contributed by atoms with E-state index in [2.05, 4.69) is 10.3 Å². The van der Waals surface area contributed by atoms with Gasteiger partial charge in [-0.1, -0.05) is 42.0 Å². The van der Waals surface area contributed by atoms with Crippen LogP contribution in [-0.2, 0) is 10.2 Å². The monoisotopic (exact) mass is 366 g/mol. The first-order chi connectivity index (χ1) is 12.4. The minimum atomic E-state index is -0.645. The second-order valence-corrected chi connectivity index (χ2v) is 7.54. The molecule has 1 N–H and O–H groups in total. The number of anilines is 1. The van der Waals surface area contributed by atoms with Crippen LogP contribution in [0.4, 0.5) is 5.13 Å². The number of hydrogen-bond donors (Lipinski definition) is 1. The Morgan fingerprint density at radius 3 is 2.58 bits per heavy atom. The molecule has 5 heteroatoms. The highest BCUT2D eigenvalue weighted by atomic mass is 32.1. The summed E-state index contributed by atoms with van der Waals surface area (Å²) >= 11 is 1.41. The Kier molecular flexibility index (Phi) is 5.09. The van der Waals surface area contributed by atoms with E-state index in [1.54, 1.807) is 7.11 Å². The van der Waals surface area contributed by atoms with Gasteiger partial charge in [-0.15, -0.1) is 11.3 Å². The summed E-state index contributed by atoms with van der Waals surface area (Å²) in [6.45, 7) is 5.85. The first-order valence-corrected chi connectivity index (χ1v) is 9.27. The van der Waals surface area contributed by atoms with Crippen LogP contribution in [0.1, 0.15) is 25.0 Å². The van der Waals surface area contributed by atoms with E-state index >= 15 is 0 Å². The summed E-state index contributed by atoms with van der Waals surface area (Å²) in [6.07, 6.45) is 0. The smallest absolute Gasteiger partial charge is 0.236 e. The minimum Gasteiger partial charge on any atom is -0.496 e. The van der Waals surface area contributed by atoms with Crippen molar-refractivity contribution >= 4 is 22.4 Å². The number of amides is 1. The average Bonchev–Trinajstić information content (AvgIpc) is 3.10. The SMILES string of the molecule is COc1ccc(C)cc1-c1csc(NC(=O)C(C)(C)c2ccccc2)n1. The number of carbonyl (C=O) groups excluding carboxylic acids is 1. The van der Waals surface area contributed by atoms with Crippen LogP contribution in [0.3, 0.4) is 0 Å². The highest BCUT2D eigenvalue weighted by Gasteiger charge is 2.30. The molecule has 26 heavy (non-hydrogen) atoms. The van der Waals surface area contributed by atoms with Crippen molar-refractivity contribution < 1.29 is 9.53 Å². The lowest BCUT2D eigenvalue weighted by Crippen LogP contribution is -2.34. The van der Waals surface area contributed by atoms with E-state index < -0.39 is 5.41 Å². The molecule has 3 aromatic rings. The molecule has 1 heterocycles.